The maximum atomic E-state index is 13.4. The van der Waals surface area contributed by atoms with Crippen molar-refractivity contribution in [1.29, 1.82) is 0 Å². The van der Waals surface area contributed by atoms with E-state index in [1.54, 1.807) is 0 Å². The van der Waals surface area contributed by atoms with Crippen molar-refractivity contribution in [2.24, 2.45) is 11.8 Å². The molecule has 2 aromatic rings. The third-order valence-corrected chi connectivity index (χ3v) is 5.46. The molecule has 0 radical (unpaired) electrons. The number of amides is 2. The van der Waals surface area contributed by atoms with E-state index in [9.17, 15) is 9.59 Å². The Morgan fingerprint density at radius 1 is 0.636 bits per heavy atom. The molecule has 0 heterocycles. The molecule has 0 N–H and O–H groups in total. The fraction of sp³-hybridized carbons (Fsp3) is 0.500. The van der Waals surface area contributed by atoms with E-state index in [1.165, 1.54) is 10.1 Å². The fourth-order valence-electron chi connectivity index (χ4n) is 4.35. The lowest BCUT2D eigenvalue weighted by molar-refractivity contribution is -0.134. The maximum Gasteiger partial charge on any atom is 0.253 e. The van der Waals surface area contributed by atoms with E-state index >= 15 is 0 Å². The van der Waals surface area contributed by atoms with Gasteiger partial charge in [0.2, 0.25) is 0 Å². The molecule has 0 aliphatic carbocycles. The SMILES string of the molecule is Cc1cc(C)c(N(ON(C(=O)CC(C)C)c2c(C)cc(C)cc2C)C(=O)CC(C)C)c(C)c1. The molecule has 2 amide bonds. The van der Waals surface area contributed by atoms with Crippen LogP contribution in [0.25, 0.3) is 0 Å². The summed E-state index contributed by atoms with van der Waals surface area (Å²) in [6, 6.07) is 8.13. The summed E-state index contributed by atoms with van der Waals surface area (Å²) in [5, 5.41) is 2.67. The molecule has 5 heteroatoms. The van der Waals surface area contributed by atoms with Gasteiger partial charge in [-0.15, -0.1) is 4.94 Å². The number of carbonyl (C=O) groups is 2. The molecule has 0 unspecified atom stereocenters. The molecule has 0 aliphatic heterocycles. The van der Waals surface area contributed by atoms with Gasteiger partial charge in [0, 0.05) is 12.8 Å². The smallest absolute Gasteiger partial charge is 0.253 e. The van der Waals surface area contributed by atoms with Crippen LogP contribution in [0.2, 0.25) is 0 Å². The van der Waals surface area contributed by atoms with Crippen molar-refractivity contribution in [1.82, 2.24) is 0 Å². The summed E-state index contributed by atoms with van der Waals surface area (Å²) >= 11 is 0. The first-order chi connectivity index (χ1) is 15.3. The average Bonchev–Trinajstić information content (AvgIpc) is 2.63. The van der Waals surface area contributed by atoms with Crippen LogP contribution in [0.15, 0.2) is 24.3 Å². The average molecular weight is 453 g/mol. The topological polar surface area (TPSA) is 49.9 Å². The van der Waals surface area contributed by atoms with Crippen molar-refractivity contribution in [2.45, 2.75) is 82.1 Å². The molecule has 0 saturated carbocycles. The Balaban J connectivity index is 2.67. The minimum Gasteiger partial charge on any atom is -0.272 e. The summed E-state index contributed by atoms with van der Waals surface area (Å²) in [5.74, 6) is -0.0516. The van der Waals surface area contributed by atoms with Crippen LogP contribution in [0.1, 0.15) is 73.9 Å². The largest absolute Gasteiger partial charge is 0.272 e. The van der Waals surface area contributed by atoms with Crippen molar-refractivity contribution < 1.29 is 14.5 Å². The van der Waals surface area contributed by atoms with Crippen molar-refractivity contribution in [3.8, 4) is 0 Å². The van der Waals surface area contributed by atoms with Crippen LogP contribution >= 0.6 is 0 Å². The van der Waals surface area contributed by atoms with E-state index in [0.29, 0.717) is 24.2 Å². The number of rotatable bonds is 8. The van der Waals surface area contributed by atoms with Gasteiger partial charge < -0.3 is 0 Å². The molecule has 2 aromatic carbocycles. The Labute approximate surface area is 199 Å². The Morgan fingerprint density at radius 3 is 1.15 bits per heavy atom. The highest BCUT2D eigenvalue weighted by Gasteiger charge is 2.30. The molecule has 5 nitrogen and oxygen atoms in total. The van der Waals surface area contributed by atoms with Crippen LogP contribution in [-0.2, 0) is 14.5 Å². The van der Waals surface area contributed by atoms with Gasteiger partial charge in [-0.2, -0.15) is 10.1 Å². The summed E-state index contributed by atoms with van der Waals surface area (Å²) < 4.78 is 0. The first kappa shape index (κ1) is 26.6. The molecule has 0 fully saturated rings. The van der Waals surface area contributed by atoms with Gasteiger partial charge >= 0.3 is 0 Å². The number of carbonyl (C=O) groups excluding carboxylic acids is 2. The summed E-state index contributed by atoms with van der Waals surface area (Å²) in [4.78, 5) is 33.2. The van der Waals surface area contributed by atoms with E-state index in [0.717, 1.165) is 33.4 Å². The molecule has 0 aliphatic rings. The third kappa shape index (κ3) is 6.67. The number of anilines is 2. The van der Waals surface area contributed by atoms with Crippen molar-refractivity contribution >= 4 is 23.2 Å². The Bertz CT molecular complexity index is 896. The zero-order valence-corrected chi connectivity index (χ0v) is 22.0. The van der Waals surface area contributed by atoms with E-state index < -0.39 is 0 Å². The van der Waals surface area contributed by atoms with Crippen LogP contribution < -0.4 is 10.1 Å². The highest BCUT2D eigenvalue weighted by atomic mass is 16.8. The molecule has 0 atom stereocenters. The molecule has 0 saturated heterocycles. The summed E-state index contributed by atoms with van der Waals surface area (Å²) in [6.07, 6.45) is 0.621. The summed E-state index contributed by atoms with van der Waals surface area (Å²) in [7, 11) is 0. The van der Waals surface area contributed by atoms with Gasteiger partial charge in [0.1, 0.15) is 0 Å². The lowest BCUT2D eigenvalue weighted by Gasteiger charge is -2.33. The van der Waals surface area contributed by atoms with Gasteiger partial charge in [-0.1, -0.05) is 63.1 Å². The highest BCUT2D eigenvalue weighted by Crippen LogP contribution is 2.33. The first-order valence-corrected chi connectivity index (χ1v) is 11.8. The Kier molecular flexibility index (Phi) is 8.84. The van der Waals surface area contributed by atoms with Crippen LogP contribution in [0.3, 0.4) is 0 Å². The van der Waals surface area contributed by atoms with Crippen LogP contribution in [0.4, 0.5) is 11.4 Å². The number of hydroxylamine groups is 2. The first-order valence-electron chi connectivity index (χ1n) is 11.8. The number of aryl methyl sites for hydroxylation is 6. The minimum atomic E-state index is -0.176. The second kappa shape index (κ2) is 11.0. The molecular weight excluding hydrogens is 412 g/mol. The molecule has 0 aromatic heterocycles. The van der Waals surface area contributed by atoms with Crippen molar-refractivity contribution in [3.05, 3.63) is 57.6 Å². The second-order valence-electron chi connectivity index (χ2n) is 10.1. The van der Waals surface area contributed by atoms with E-state index in [-0.39, 0.29) is 23.7 Å². The quantitative estimate of drug-likeness (QED) is 0.412. The summed E-state index contributed by atoms with van der Waals surface area (Å²) in [5.41, 5.74) is 7.32. The lowest BCUT2D eigenvalue weighted by atomic mass is 10.0. The number of hydrogen-bond acceptors (Lipinski definition) is 3. The monoisotopic (exact) mass is 452 g/mol. The second-order valence-corrected chi connectivity index (χ2v) is 10.1. The number of nitrogens with zero attached hydrogens (tertiary/aromatic N) is 2. The third-order valence-electron chi connectivity index (χ3n) is 5.46. The predicted octanol–water partition coefficient (Wildman–Crippen LogP) is 6.84. The molecule has 0 bridgehead atoms. The molecule has 180 valence electrons. The van der Waals surface area contributed by atoms with Crippen LogP contribution in [0.5, 0.6) is 0 Å². The fourth-order valence-corrected chi connectivity index (χ4v) is 4.35. The van der Waals surface area contributed by atoms with Gasteiger partial charge in [-0.3, -0.25) is 9.59 Å². The number of benzene rings is 2. The Morgan fingerprint density at radius 2 is 0.909 bits per heavy atom. The summed E-state index contributed by atoms with van der Waals surface area (Å²) in [6.45, 7) is 19.9. The van der Waals surface area contributed by atoms with Crippen molar-refractivity contribution in [3.63, 3.8) is 0 Å². The van der Waals surface area contributed by atoms with Crippen molar-refractivity contribution in [2.75, 3.05) is 10.1 Å². The molecule has 33 heavy (non-hydrogen) atoms. The van der Waals surface area contributed by atoms with Gasteiger partial charge in [-0.05, 0) is 75.6 Å². The van der Waals surface area contributed by atoms with E-state index in [2.05, 4.69) is 0 Å². The standard InChI is InChI=1S/C28H40N2O3/c1-17(2)11-25(31)29(27-21(7)13-19(5)14-22(27)8)33-30(26(32)12-18(3)4)28-23(9)15-20(6)16-24(28)10/h13-18H,11-12H2,1-10H3. The van der Waals surface area contributed by atoms with Crippen LogP contribution in [0, 0.1) is 53.4 Å². The van der Waals surface area contributed by atoms with Gasteiger partial charge in [-0.25, -0.2) is 0 Å². The van der Waals surface area contributed by atoms with Crippen LogP contribution in [-0.4, -0.2) is 11.8 Å². The zero-order chi connectivity index (χ0) is 25.0. The van der Waals surface area contributed by atoms with E-state index in [1.807, 2.05) is 93.5 Å². The lowest BCUT2D eigenvalue weighted by Crippen LogP contribution is -2.44. The highest BCUT2D eigenvalue weighted by molar-refractivity contribution is 5.96. The minimum absolute atomic E-state index is 0.150. The normalized spacial score (nSPS) is 11.3. The van der Waals surface area contributed by atoms with Gasteiger partial charge in [0.15, 0.2) is 0 Å². The molecular formula is C28H40N2O3. The Hall–Kier alpha value is -2.66. The van der Waals surface area contributed by atoms with Gasteiger partial charge in [0.05, 0.1) is 11.4 Å². The number of hydrogen-bond donors (Lipinski definition) is 0. The maximum absolute atomic E-state index is 13.4. The zero-order valence-electron chi connectivity index (χ0n) is 22.0. The van der Waals surface area contributed by atoms with Gasteiger partial charge in [0.25, 0.3) is 11.8 Å². The molecule has 2 rings (SSSR count). The predicted molar refractivity (Wildman–Crippen MR) is 136 cm³/mol. The molecule has 0 spiro atoms. The van der Waals surface area contributed by atoms with E-state index in [4.69, 9.17) is 4.94 Å².